The van der Waals surface area contributed by atoms with Gasteiger partial charge < -0.3 is 10.2 Å². The summed E-state index contributed by atoms with van der Waals surface area (Å²) >= 11 is 0. The summed E-state index contributed by atoms with van der Waals surface area (Å²) < 4.78 is 0. The zero-order valence-corrected chi connectivity index (χ0v) is 19.7. The normalized spacial score (nSPS) is 45.8. The highest BCUT2D eigenvalue weighted by atomic mass is 16.3. The Labute approximate surface area is 179 Å². The van der Waals surface area contributed by atoms with Gasteiger partial charge in [0, 0.05) is 0 Å². The maximum atomic E-state index is 10.2. The van der Waals surface area contributed by atoms with Gasteiger partial charge >= 0.3 is 0 Å². The van der Waals surface area contributed by atoms with Crippen LogP contribution in [0.4, 0.5) is 0 Å². The van der Waals surface area contributed by atoms with Gasteiger partial charge in [-0.3, -0.25) is 0 Å². The second-order valence-electron chi connectivity index (χ2n) is 12.5. The van der Waals surface area contributed by atoms with Gasteiger partial charge in [-0.1, -0.05) is 45.3 Å². The number of aliphatic hydroxyl groups excluding tert-OH is 1. The van der Waals surface area contributed by atoms with Gasteiger partial charge in [0.1, 0.15) is 0 Å². The lowest BCUT2D eigenvalue weighted by Gasteiger charge is -2.59. The first-order chi connectivity index (χ1) is 13.5. The zero-order chi connectivity index (χ0) is 21.0. The molecule has 0 aliphatic heterocycles. The van der Waals surface area contributed by atoms with Gasteiger partial charge in [0.05, 0.1) is 11.7 Å². The van der Waals surface area contributed by atoms with Gasteiger partial charge in [0.2, 0.25) is 0 Å². The highest BCUT2D eigenvalue weighted by Crippen LogP contribution is 2.67. The molecule has 2 nitrogen and oxygen atoms in total. The van der Waals surface area contributed by atoms with Crippen molar-refractivity contribution in [3.05, 3.63) is 11.6 Å². The molecule has 0 bridgehead atoms. The van der Waals surface area contributed by atoms with Crippen LogP contribution in [-0.2, 0) is 0 Å². The average Bonchev–Trinajstić information content (AvgIpc) is 2.98. The Morgan fingerprint density at radius 2 is 1.83 bits per heavy atom. The smallest absolute Gasteiger partial charge is 0.0724 e. The van der Waals surface area contributed by atoms with Crippen LogP contribution >= 0.6 is 0 Å². The van der Waals surface area contributed by atoms with Crippen molar-refractivity contribution in [2.24, 2.45) is 40.4 Å². The molecule has 3 saturated carbocycles. The van der Waals surface area contributed by atoms with Crippen LogP contribution < -0.4 is 0 Å². The van der Waals surface area contributed by atoms with Gasteiger partial charge in [-0.05, 0) is 112 Å². The van der Waals surface area contributed by atoms with Crippen LogP contribution in [0.5, 0.6) is 0 Å². The first-order valence-electron chi connectivity index (χ1n) is 12.7. The lowest BCUT2D eigenvalue weighted by molar-refractivity contribution is -0.0629. The van der Waals surface area contributed by atoms with E-state index in [0.29, 0.717) is 10.8 Å². The van der Waals surface area contributed by atoms with Crippen molar-refractivity contribution < 1.29 is 10.2 Å². The van der Waals surface area contributed by atoms with E-state index < -0.39 is 5.60 Å². The van der Waals surface area contributed by atoms with Crippen molar-refractivity contribution in [1.82, 2.24) is 0 Å². The molecule has 2 N–H and O–H groups in total. The predicted octanol–water partition coefficient (Wildman–Crippen LogP) is 6.50. The number of rotatable bonds is 5. The molecule has 29 heavy (non-hydrogen) atoms. The molecular formula is C27H46O2. The highest BCUT2D eigenvalue weighted by molar-refractivity contribution is 5.25. The van der Waals surface area contributed by atoms with Crippen molar-refractivity contribution in [3.8, 4) is 0 Å². The van der Waals surface area contributed by atoms with Gasteiger partial charge in [0.15, 0.2) is 0 Å². The minimum absolute atomic E-state index is 0.191. The molecule has 4 aliphatic carbocycles. The number of hydrogen-bond donors (Lipinski definition) is 2. The third kappa shape index (κ3) is 3.86. The maximum Gasteiger partial charge on any atom is 0.0724 e. The van der Waals surface area contributed by atoms with Crippen molar-refractivity contribution in [1.29, 1.82) is 0 Å². The quantitative estimate of drug-likeness (QED) is 0.515. The fourth-order valence-electron chi connectivity index (χ4n) is 8.74. The predicted molar refractivity (Wildman–Crippen MR) is 121 cm³/mol. The zero-order valence-electron chi connectivity index (χ0n) is 19.7. The van der Waals surface area contributed by atoms with Crippen LogP contribution in [0.1, 0.15) is 105 Å². The molecule has 0 aromatic rings. The Morgan fingerprint density at radius 3 is 2.55 bits per heavy atom. The molecule has 0 saturated heterocycles. The molecule has 0 aromatic heterocycles. The molecule has 0 unspecified atom stereocenters. The average molecular weight is 403 g/mol. The topological polar surface area (TPSA) is 40.5 Å². The van der Waals surface area contributed by atoms with Gasteiger partial charge in [-0.2, -0.15) is 0 Å². The van der Waals surface area contributed by atoms with Crippen molar-refractivity contribution in [3.63, 3.8) is 0 Å². The largest absolute Gasteiger partial charge is 0.390 e. The Kier molecular flexibility index (Phi) is 5.78. The van der Waals surface area contributed by atoms with Crippen LogP contribution in [0.25, 0.3) is 0 Å². The van der Waals surface area contributed by atoms with Crippen LogP contribution in [0.2, 0.25) is 0 Å². The summed E-state index contributed by atoms with van der Waals surface area (Å²) in [7, 11) is 0. The minimum atomic E-state index is -0.518. The summed E-state index contributed by atoms with van der Waals surface area (Å²) in [4.78, 5) is 0. The van der Waals surface area contributed by atoms with E-state index in [1.807, 2.05) is 13.8 Å². The Hall–Kier alpha value is -0.340. The van der Waals surface area contributed by atoms with Crippen LogP contribution in [-0.4, -0.2) is 21.9 Å². The molecule has 0 radical (unpaired) electrons. The van der Waals surface area contributed by atoms with Crippen LogP contribution in [0.15, 0.2) is 11.6 Å². The van der Waals surface area contributed by atoms with E-state index in [1.54, 1.807) is 5.57 Å². The Bertz CT molecular complexity index is 631. The molecular weight excluding hydrogens is 356 g/mol. The van der Waals surface area contributed by atoms with Crippen LogP contribution in [0.3, 0.4) is 0 Å². The van der Waals surface area contributed by atoms with Gasteiger partial charge in [-0.15, -0.1) is 0 Å². The fourth-order valence-corrected chi connectivity index (χ4v) is 8.74. The standard InChI is InChI=1S/C27H46O2/c1-18(7-6-14-25(2,3)29)22-10-11-23-21-9-8-19-17-20(28)12-15-26(19,4)24(21)13-16-27(22,23)5/h17-18,20-24,28-29H,6-16H2,1-5H3/t18-,20+,21+,22-,23+,24+,26+,27-/m1/s1. The third-order valence-electron chi connectivity index (χ3n) is 10.3. The molecule has 2 heteroatoms. The molecule has 0 amide bonds. The van der Waals surface area contributed by atoms with E-state index >= 15 is 0 Å². The second kappa shape index (κ2) is 7.66. The molecule has 8 atom stereocenters. The summed E-state index contributed by atoms with van der Waals surface area (Å²) in [6.45, 7) is 11.6. The lowest BCUT2D eigenvalue weighted by atomic mass is 9.46. The molecule has 4 rings (SSSR count). The summed E-state index contributed by atoms with van der Waals surface area (Å²) in [5.41, 5.74) is 1.97. The number of allylic oxidation sites excluding steroid dienone is 1. The van der Waals surface area contributed by atoms with Crippen LogP contribution in [0, 0.1) is 40.4 Å². The number of aliphatic hydroxyl groups is 2. The first kappa shape index (κ1) is 21.9. The number of hydrogen-bond acceptors (Lipinski definition) is 2. The molecule has 166 valence electrons. The summed E-state index contributed by atoms with van der Waals surface area (Å²) in [5.74, 6) is 4.31. The third-order valence-corrected chi connectivity index (χ3v) is 10.3. The Morgan fingerprint density at radius 1 is 1.07 bits per heavy atom. The SMILES string of the molecule is C[C@H](CCCC(C)(C)O)[C@H]1CC[C@H]2[C@@H]3CCC4=C[C@@H](O)CC[C@]4(C)[C@H]3CC[C@]12C. The molecule has 0 spiro atoms. The number of fused-ring (bicyclic) bond motifs is 5. The van der Waals surface area contributed by atoms with Crippen molar-refractivity contribution in [2.45, 2.75) is 117 Å². The van der Waals surface area contributed by atoms with E-state index in [2.05, 4.69) is 26.8 Å². The van der Waals surface area contributed by atoms with E-state index in [9.17, 15) is 10.2 Å². The molecule has 3 fully saturated rings. The fraction of sp³-hybridized carbons (Fsp3) is 0.926. The molecule has 4 aliphatic rings. The van der Waals surface area contributed by atoms with E-state index in [0.717, 1.165) is 48.9 Å². The van der Waals surface area contributed by atoms with E-state index in [-0.39, 0.29) is 6.10 Å². The highest BCUT2D eigenvalue weighted by Gasteiger charge is 2.59. The van der Waals surface area contributed by atoms with E-state index in [4.69, 9.17) is 0 Å². The summed E-state index contributed by atoms with van der Waals surface area (Å²) in [6.07, 6.45) is 15.8. The maximum absolute atomic E-state index is 10.2. The van der Waals surface area contributed by atoms with Gasteiger partial charge in [-0.25, -0.2) is 0 Å². The monoisotopic (exact) mass is 402 g/mol. The summed E-state index contributed by atoms with van der Waals surface area (Å²) in [6, 6.07) is 0. The minimum Gasteiger partial charge on any atom is -0.390 e. The van der Waals surface area contributed by atoms with Gasteiger partial charge in [0.25, 0.3) is 0 Å². The lowest BCUT2D eigenvalue weighted by Crippen LogP contribution is -2.51. The first-order valence-corrected chi connectivity index (χ1v) is 12.7. The second-order valence-corrected chi connectivity index (χ2v) is 12.5. The van der Waals surface area contributed by atoms with Crippen molar-refractivity contribution in [2.75, 3.05) is 0 Å². The van der Waals surface area contributed by atoms with E-state index in [1.165, 1.54) is 51.4 Å². The Balaban J connectivity index is 1.47. The molecule has 0 aromatic carbocycles. The summed E-state index contributed by atoms with van der Waals surface area (Å²) in [5, 5.41) is 20.3. The molecule has 0 heterocycles. The van der Waals surface area contributed by atoms with Crippen molar-refractivity contribution >= 4 is 0 Å².